The quantitative estimate of drug-likeness (QED) is 0.681. The molecule has 0 N–H and O–H groups in total. The molecule has 4 aliphatic rings. The van der Waals surface area contributed by atoms with Crippen LogP contribution >= 0.6 is 0 Å². The number of piperazine rings is 1. The second-order valence-corrected chi connectivity index (χ2v) is 10.4. The monoisotopic (exact) mass is 404 g/mol. The molecule has 1 spiro atoms. The smallest absolute Gasteiger partial charge is 0.236 e. The standard InChI is InChI=1S/C24H44N4O/c1-2-25-15-17-26(18-16-25)19-23(29)28-14-11-24(21-28)10-6-12-27(20-24)13-9-22-7-4-3-5-8-22/h22H,2-21H2,1H3/t24-/m1/s1. The number of likely N-dealkylation sites (N-methyl/N-ethyl adjacent to an activating group) is 1. The summed E-state index contributed by atoms with van der Waals surface area (Å²) >= 11 is 0. The number of amides is 1. The van der Waals surface area contributed by atoms with Gasteiger partial charge in [-0.1, -0.05) is 39.0 Å². The van der Waals surface area contributed by atoms with Gasteiger partial charge in [-0.05, 0) is 51.2 Å². The zero-order valence-electron chi connectivity index (χ0n) is 18.9. The van der Waals surface area contributed by atoms with Gasteiger partial charge in [0.1, 0.15) is 0 Å². The third-order valence-electron chi connectivity index (χ3n) is 8.38. The fraction of sp³-hybridized carbons (Fsp3) is 0.958. The van der Waals surface area contributed by atoms with Crippen molar-refractivity contribution in [3.05, 3.63) is 0 Å². The molecule has 0 bridgehead atoms. The summed E-state index contributed by atoms with van der Waals surface area (Å²) in [6, 6.07) is 0. The maximum atomic E-state index is 13.0. The van der Waals surface area contributed by atoms with E-state index in [0.717, 1.165) is 51.7 Å². The summed E-state index contributed by atoms with van der Waals surface area (Å²) in [5.74, 6) is 1.36. The highest BCUT2D eigenvalue weighted by Crippen LogP contribution is 2.39. The van der Waals surface area contributed by atoms with Crippen LogP contribution in [0.3, 0.4) is 0 Å². The van der Waals surface area contributed by atoms with Crippen LogP contribution in [-0.4, -0.2) is 97.5 Å². The highest BCUT2D eigenvalue weighted by atomic mass is 16.2. The fourth-order valence-electron chi connectivity index (χ4n) is 6.38. The maximum Gasteiger partial charge on any atom is 0.236 e. The first-order valence-electron chi connectivity index (χ1n) is 12.6. The minimum Gasteiger partial charge on any atom is -0.341 e. The van der Waals surface area contributed by atoms with Crippen LogP contribution < -0.4 is 0 Å². The lowest BCUT2D eigenvalue weighted by atomic mass is 9.79. The summed E-state index contributed by atoms with van der Waals surface area (Å²) in [7, 11) is 0. The lowest BCUT2D eigenvalue weighted by Gasteiger charge is -2.41. The van der Waals surface area contributed by atoms with Gasteiger partial charge in [0.25, 0.3) is 0 Å². The normalized spacial score (nSPS) is 31.0. The van der Waals surface area contributed by atoms with Crippen LogP contribution in [0.15, 0.2) is 0 Å². The predicted octanol–water partition coefficient (Wildman–Crippen LogP) is 2.91. The van der Waals surface area contributed by atoms with E-state index in [9.17, 15) is 4.79 Å². The van der Waals surface area contributed by atoms with Gasteiger partial charge in [-0.2, -0.15) is 0 Å². The Morgan fingerprint density at radius 2 is 1.59 bits per heavy atom. The number of nitrogens with zero attached hydrogens (tertiary/aromatic N) is 4. The van der Waals surface area contributed by atoms with Gasteiger partial charge in [0, 0.05) is 51.2 Å². The van der Waals surface area contributed by atoms with E-state index in [2.05, 4.69) is 26.5 Å². The number of rotatable bonds is 6. The minimum atomic E-state index is 0.381. The topological polar surface area (TPSA) is 30.0 Å². The summed E-state index contributed by atoms with van der Waals surface area (Å²) in [6.45, 7) is 14.1. The number of hydrogen-bond acceptors (Lipinski definition) is 4. The van der Waals surface area contributed by atoms with E-state index in [-0.39, 0.29) is 0 Å². The Kier molecular flexibility index (Phi) is 7.52. The van der Waals surface area contributed by atoms with E-state index in [1.165, 1.54) is 77.4 Å². The molecule has 1 aliphatic carbocycles. The molecule has 29 heavy (non-hydrogen) atoms. The van der Waals surface area contributed by atoms with Crippen molar-refractivity contribution >= 4 is 5.91 Å². The SMILES string of the molecule is CCN1CCN(CC(=O)N2CC[C@@]3(CCCN(CCC4CCCCC4)C3)C2)CC1. The Labute approximate surface area is 178 Å². The largest absolute Gasteiger partial charge is 0.341 e. The van der Waals surface area contributed by atoms with Crippen molar-refractivity contribution in [3.63, 3.8) is 0 Å². The number of hydrogen-bond donors (Lipinski definition) is 0. The summed E-state index contributed by atoms with van der Waals surface area (Å²) in [5, 5.41) is 0. The van der Waals surface area contributed by atoms with Crippen molar-refractivity contribution in [2.24, 2.45) is 11.3 Å². The molecule has 0 aromatic rings. The van der Waals surface area contributed by atoms with E-state index in [0.29, 0.717) is 17.9 Å². The molecule has 4 fully saturated rings. The summed E-state index contributed by atoms with van der Waals surface area (Å²) in [5.41, 5.74) is 0.390. The van der Waals surface area contributed by atoms with Crippen LogP contribution in [0.1, 0.15) is 64.7 Å². The predicted molar refractivity (Wildman–Crippen MR) is 119 cm³/mol. The molecule has 3 heterocycles. The Hall–Kier alpha value is -0.650. The van der Waals surface area contributed by atoms with Gasteiger partial charge in [0.15, 0.2) is 0 Å². The maximum absolute atomic E-state index is 13.0. The Balaban J connectivity index is 1.21. The van der Waals surface area contributed by atoms with Gasteiger partial charge in [-0.3, -0.25) is 9.69 Å². The van der Waals surface area contributed by atoms with E-state index in [1.54, 1.807) is 0 Å². The second-order valence-electron chi connectivity index (χ2n) is 10.4. The first-order valence-corrected chi connectivity index (χ1v) is 12.6. The van der Waals surface area contributed by atoms with Crippen molar-refractivity contribution in [1.29, 1.82) is 0 Å². The highest BCUT2D eigenvalue weighted by Gasteiger charge is 2.42. The van der Waals surface area contributed by atoms with Crippen LogP contribution in [0.2, 0.25) is 0 Å². The molecule has 3 aliphatic heterocycles. The molecule has 0 aromatic carbocycles. The van der Waals surface area contributed by atoms with E-state index in [1.807, 2.05) is 0 Å². The molecule has 5 heteroatoms. The van der Waals surface area contributed by atoms with Gasteiger partial charge in [-0.25, -0.2) is 0 Å². The van der Waals surface area contributed by atoms with E-state index >= 15 is 0 Å². The van der Waals surface area contributed by atoms with Crippen molar-refractivity contribution in [3.8, 4) is 0 Å². The summed E-state index contributed by atoms with van der Waals surface area (Å²) in [6.07, 6.45) is 12.6. The molecule has 0 unspecified atom stereocenters. The third kappa shape index (κ3) is 5.74. The molecule has 1 atom stereocenters. The number of carbonyl (C=O) groups is 1. The van der Waals surface area contributed by atoms with Crippen LogP contribution in [0.4, 0.5) is 0 Å². The fourth-order valence-corrected chi connectivity index (χ4v) is 6.38. The van der Waals surface area contributed by atoms with Gasteiger partial charge in [-0.15, -0.1) is 0 Å². The third-order valence-corrected chi connectivity index (χ3v) is 8.38. The zero-order chi connectivity index (χ0) is 20.1. The van der Waals surface area contributed by atoms with Gasteiger partial charge in [0.05, 0.1) is 6.54 Å². The van der Waals surface area contributed by atoms with Crippen molar-refractivity contribution < 1.29 is 4.79 Å². The lowest BCUT2D eigenvalue weighted by molar-refractivity contribution is -0.132. The summed E-state index contributed by atoms with van der Waals surface area (Å²) < 4.78 is 0. The van der Waals surface area contributed by atoms with Gasteiger partial charge < -0.3 is 14.7 Å². The average molecular weight is 405 g/mol. The molecule has 1 saturated carbocycles. The molecule has 0 aromatic heterocycles. The molecular weight excluding hydrogens is 360 g/mol. The molecule has 3 saturated heterocycles. The number of carbonyl (C=O) groups excluding carboxylic acids is 1. The van der Waals surface area contributed by atoms with Crippen molar-refractivity contribution in [2.45, 2.75) is 64.7 Å². The molecule has 5 nitrogen and oxygen atoms in total. The second kappa shape index (κ2) is 10.1. The van der Waals surface area contributed by atoms with Crippen molar-refractivity contribution in [1.82, 2.24) is 19.6 Å². The Bertz CT molecular complexity index is 527. The molecule has 4 rings (SSSR count). The summed E-state index contributed by atoms with van der Waals surface area (Å²) in [4.78, 5) is 22.8. The highest BCUT2D eigenvalue weighted by molar-refractivity contribution is 5.78. The minimum absolute atomic E-state index is 0.381. The first kappa shape index (κ1) is 21.6. The molecule has 0 radical (unpaired) electrons. The lowest BCUT2D eigenvalue weighted by Crippen LogP contribution is -2.50. The molecular formula is C24H44N4O. The Morgan fingerprint density at radius 3 is 2.34 bits per heavy atom. The van der Waals surface area contributed by atoms with E-state index in [4.69, 9.17) is 0 Å². The average Bonchev–Trinajstić information content (AvgIpc) is 3.17. The van der Waals surface area contributed by atoms with Crippen LogP contribution in [0.5, 0.6) is 0 Å². The van der Waals surface area contributed by atoms with Crippen LogP contribution in [0, 0.1) is 11.3 Å². The van der Waals surface area contributed by atoms with Crippen LogP contribution in [0.25, 0.3) is 0 Å². The van der Waals surface area contributed by atoms with Gasteiger partial charge in [0.2, 0.25) is 5.91 Å². The van der Waals surface area contributed by atoms with Crippen molar-refractivity contribution in [2.75, 3.05) is 72.0 Å². The Morgan fingerprint density at radius 1 is 0.828 bits per heavy atom. The van der Waals surface area contributed by atoms with Crippen LogP contribution in [-0.2, 0) is 4.79 Å². The number of likely N-dealkylation sites (tertiary alicyclic amines) is 2. The molecule has 166 valence electrons. The first-order chi connectivity index (χ1) is 14.2. The van der Waals surface area contributed by atoms with Gasteiger partial charge >= 0.3 is 0 Å². The number of piperidine rings is 1. The molecule has 1 amide bonds. The van der Waals surface area contributed by atoms with E-state index < -0.39 is 0 Å². The zero-order valence-corrected chi connectivity index (χ0v) is 18.9.